The van der Waals surface area contributed by atoms with Crippen molar-refractivity contribution in [3.8, 4) is 22.8 Å². The first kappa shape index (κ1) is 18.4. The van der Waals surface area contributed by atoms with Crippen LogP contribution in [0.3, 0.4) is 0 Å². The molecule has 0 spiro atoms. The zero-order valence-corrected chi connectivity index (χ0v) is 15.5. The van der Waals surface area contributed by atoms with E-state index in [2.05, 4.69) is 15.4 Å². The summed E-state index contributed by atoms with van der Waals surface area (Å²) in [4.78, 5) is 17.1. The van der Waals surface area contributed by atoms with Crippen LogP contribution in [0.5, 0.6) is 5.75 Å². The molecule has 0 atom stereocenters. The Balaban J connectivity index is 1.75. The van der Waals surface area contributed by atoms with E-state index in [1.807, 2.05) is 42.5 Å². The maximum absolute atomic E-state index is 13.9. The molecule has 7 heteroatoms. The second-order valence-corrected chi connectivity index (χ2v) is 6.17. The second kappa shape index (κ2) is 7.93. The summed E-state index contributed by atoms with van der Waals surface area (Å²) in [5.41, 5.74) is 1.57. The molecule has 0 unspecified atom stereocenters. The minimum Gasteiger partial charge on any atom is -0.497 e. The normalized spacial score (nSPS) is 10.6. The molecule has 4 rings (SSSR count). The van der Waals surface area contributed by atoms with Crippen molar-refractivity contribution in [2.24, 2.45) is 0 Å². The van der Waals surface area contributed by atoms with E-state index in [4.69, 9.17) is 4.74 Å². The number of hydrogen-bond acceptors (Lipinski definition) is 4. The van der Waals surface area contributed by atoms with Gasteiger partial charge in [-0.05, 0) is 48.5 Å². The lowest BCUT2D eigenvalue weighted by molar-refractivity contribution is 0.101. The van der Waals surface area contributed by atoms with Crippen molar-refractivity contribution in [1.29, 1.82) is 0 Å². The first-order valence-corrected chi connectivity index (χ1v) is 8.88. The van der Waals surface area contributed by atoms with E-state index in [1.165, 1.54) is 12.1 Å². The van der Waals surface area contributed by atoms with Crippen molar-refractivity contribution in [1.82, 2.24) is 14.8 Å². The molecule has 1 heterocycles. The van der Waals surface area contributed by atoms with Crippen LogP contribution in [0.25, 0.3) is 17.1 Å². The molecule has 6 nitrogen and oxygen atoms in total. The number of para-hydroxylation sites is 2. The van der Waals surface area contributed by atoms with E-state index >= 15 is 0 Å². The summed E-state index contributed by atoms with van der Waals surface area (Å²) in [7, 11) is 1.59. The number of aromatic nitrogens is 3. The summed E-state index contributed by atoms with van der Waals surface area (Å²) < 4.78 is 20.7. The average molecular weight is 388 g/mol. The third-order valence-electron chi connectivity index (χ3n) is 4.28. The molecule has 0 saturated carbocycles. The highest BCUT2D eigenvalue weighted by Gasteiger charge is 2.19. The number of carbonyl (C=O) groups is 1. The van der Waals surface area contributed by atoms with Crippen LogP contribution in [0.2, 0.25) is 0 Å². The Kier molecular flexibility index (Phi) is 5.03. The number of nitrogens with one attached hydrogen (secondary N) is 1. The van der Waals surface area contributed by atoms with Crippen LogP contribution in [-0.4, -0.2) is 27.8 Å². The number of hydrogen-bond donors (Lipinski definition) is 1. The first-order valence-electron chi connectivity index (χ1n) is 8.88. The Hall–Kier alpha value is -4.00. The fraction of sp³-hybridized carbons (Fsp3) is 0.0455. The number of nitrogens with zero attached hydrogens (tertiary/aromatic N) is 3. The molecule has 0 bridgehead atoms. The molecular weight excluding hydrogens is 371 g/mol. The standard InChI is InChI=1S/C22H17FN4O2/c1-29-17-13-11-15(12-14-17)21-25-20(26-27(21)16-7-3-2-4-8-16)22(28)24-19-10-6-5-9-18(19)23/h2-14H,1H3,(H,24,28). The van der Waals surface area contributed by atoms with Gasteiger partial charge in [0.15, 0.2) is 5.82 Å². The van der Waals surface area contributed by atoms with Crippen molar-refractivity contribution >= 4 is 11.6 Å². The summed E-state index contributed by atoms with van der Waals surface area (Å²) in [5, 5.41) is 6.88. The first-order chi connectivity index (χ1) is 14.2. The van der Waals surface area contributed by atoms with Crippen LogP contribution in [-0.2, 0) is 0 Å². The van der Waals surface area contributed by atoms with Crippen LogP contribution in [0.1, 0.15) is 10.6 Å². The molecular formula is C22H17FN4O2. The number of halogens is 1. The third kappa shape index (κ3) is 3.84. The molecule has 1 N–H and O–H groups in total. The average Bonchev–Trinajstić information content (AvgIpc) is 3.22. The molecule has 0 radical (unpaired) electrons. The zero-order valence-electron chi connectivity index (χ0n) is 15.5. The minimum absolute atomic E-state index is 0.0667. The largest absolute Gasteiger partial charge is 0.497 e. The molecule has 0 fully saturated rings. The van der Waals surface area contributed by atoms with Gasteiger partial charge in [0.25, 0.3) is 5.91 Å². The number of anilines is 1. The van der Waals surface area contributed by atoms with Crippen molar-refractivity contribution < 1.29 is 13.9 Å². The van der Waals surface area contributed by atoms with Gasteiger partial charge in [-0.1, -0.05) is 30.3 Å². The van der Waals surface area contributed by atoms with Gasteiger partial charge in [0, 0.05) is 5.56 Å². The van der Waals surface area contributed by atoms with E-state index in [-0.39, 0.29) is 11.5 Å². The summed E-state index contributed by atoms with van der Waals surface area (Å²) in [6.45, 7) is 0. The predicted molar refractivity (Wildman–Crippen MR) is 108 cm³/mol. The van der Waals surface area contributed by atoms with Gasteiger partial charge in [-0.25, -0.2) is 14.1 Å². The van der Waals surface area contributed by atoms with Crippen LogP contribution < -0.4 is 10.1 Å². The zero-order chi connectivity index (χ0) is 20.2. The van der Waals surface area contributed by atoms with Gasteiger partial charge in [0.2, 0.25) is 5.82 Å². The lowest BCUT2D eigenvalue weighted by Gasteiger charge is -2.06. The maximum atomic E-state index is 13.9. The second-order valence-electron chi connectivity index (χ2n) is 6.17. The fourth-order valence-corrected chi connectivity index (χ4v) is 2.83. The molecule has 0 saturated heterocycles. The molecule has 1 aromatic heterocycles. The lowest BCUT2D eigenvalue weighted by Crippen LogP contribution is -2.15. The van der Waals surface area contributed by atoms with Gasteiger partial charge < -0.3 is 10.1 Å². The Morgan fingerprint density at radius 2 is 1.66 bits per heavy atom. The highest BCUT2D eigenvalue weighted by molar-refractivity contribution is 6.01. The molecule has 0 aliphatic carbocycles. The summed E-state index contributed by atoms with van der Waals surface area (Å²) >= 11 is 0. The highest BCUT2D eigenvalue weighted by Crippen LogP contribution is 2.24. The molecule has 0 aliphatic rings. The predicted octanol–water partition coefficient (Wildman–Crippen LogP) is 4.33. The van der Waals surface area contributed by atoms with Crippen LogP contribution in [0, 0.1) is 5.82 Å². The van der Waals surface area contributed by atoms with Gasteiger partial charge in [-0.3, -0.25) is 4.79 Å². The summed E-state index contributed by atoms with van der Waals surface area (Å²) in [5.74, 6) is -0.00392. The van der Waals surface area contributed by atoms with Crippen molar-refractivity contribution in [3.63, 3.8) is 0 Å². The number of amides is 1. The Bertz CT molecular complexity index is 1140. The van der Waals surface area contributed by atoms with Gasteiger partial charge in [-0.2, -0.15) is 0 Å². The Morgan fingerprint density at radius 1 is 0.966 bits per heavy atom. The van der Waals surface area contributed by atoms with E-state index < -0.39 is 11.7 Å². The smallest absolute Gasteiger partial charge is 0.295 e. The van der Waals surface area contributed by atoms with Gasteiger partial charge in [-0.15, -0.1) is 5.10 Å². The Morgan fingerprint density at radius 3 is 2.34 bits per heavy atom. The molecule has 0 aliphatic heterocycles. The molecule has 29 heavy (non-hydrogen) atoms. The van der Waals surface area contributed by atoms with E-state index in [9.17, 15) is 9.18 Å². The number of methoxy groups -OCH3 is 1. The van der Waals surface area contributed by atoms with E-state index in [0.29, 0.717) is 11.6 Å². The number of rotatable bonds is 5. The molecule has 1 amide bonds. The number of benzene rings is 3. The molecule has 4 aromatic rings. The van der Waals surface area contributed by atoms with Crippen molar-refractivity contribution in [2.75, 3.05) is 12.4 Å². The minimum atomic E-state index is -0.598. The summed E-state index contributed by atoms with van der Waals surface area (Å²) in [6.07, 6.45) is 0. The van der Waals surface area contributed by atoms with Crippen LogP contribution >= 0.6 is 0 Å². The van der Waals surface area contributed by atoms with Crippen molar-refractivity contribution in [2.45, 2.75) is 0 Å². The maximum Gasteiger partial charge on any atom is 0.295 e. The molecule has 3 aromatic carbocycles. The van der Waals surface area contributed by atoms with E-state index in [1.54, 1.807) is 36.1 Å². The quantitative estimate of drug-likeness (QED) is 0.552. The van der Waals surface area contributed by atoms with Gasteiger partial charge in [0.05, 0.1) is 18.5 Å². The number of carbonyl (C=O) groups excluding carboxylic acids is 1. The Labute approximate surface area is 166 Å². The van der Waals surface area contributed by atoms with Crippen LogP contribution in [0.15, 0.2) is 78.9 Å². The van der Waals surface area contributed by atoms with Crippen molar-refractivity contribution in [3.05, 3.63) is 90.5 Å². The third-order valence-corrected chi connectivity index (χ3v) is 4.28. The fourth-order valence-electron chi connectivity index (χ4n) is 2.83. The summed E-state index contributed by atoms with van der Waals surface area (Å²) in [6, 6.07) is 22.6. The highest BCUT2D eigenvalue weighted by atomic mass is 19.1. The lowest BCUT2D eigenvalue weighted by atomic mass is 10.2. The van der Waals surface area contributed by atoms with Crippen LogP contribution in [0.4, 0.5) is 10.1 Å². The van der Waals surface area contributed by atoms with Gasteiger partial charge in [0.1, 0.15) is 11.6 Å². The topological polar surface area (TPSA) is 69.0 Å². The van der Waals surface area contributed by atoms with E-state index in [0.717, 1.165) is 11.3 Å². The monoisotopic (exact) mass is 388 g/mol. The SMILES string of the molecule is COc1ccc(-c2nc(C(=O)Nc3ccccc3F)nn2-c2ccccc2)cc1. The van der Waals surface area contributed by atoms with Gasteiger partial charge >= 0.3 is 0 Å². The number of ether oxygens (including phenoxy) is 1. The molecule has 144 valence electrons.